The zero-order valence-electron chi connectivity index (χ0n) is 12.0. The molecule has 0 bridgehead atoms. The van der Waals surface area contributed by atoms with Crippen molar-refractivity contribution in [3.05, 3.63) is 70.2 Å². The molecule has 1 nitrogen and oxygen atoms in total. The van der Waals surface area contributed by atoms with Gasteiger partial charge in [0, 0.05) is 10.3 Å². The summed E-state index contributed by atoms with van der Waals surface area (Å²) < 4.78 is 14.0. The highest BCUT2D eigenvalue weighted by Gasteiger charge is 2.17. The maximum Gasteiger partial charge on any atom is 0.131 e. The van der Waals surface area contributed by atoms with Gasteiger partial charge in [-0.2, -0.15) is 0 Å². The molecule has 1 heterocycles. The first-order chi connectivity index (χ1) is 10.3. The van der Waals surface area contributed by atoms with Crippen molar-refractivity contribution in [2.24, 2.45) is 0 Å². The summed E-state index contributed by atoms with van der Waals surface area (Å²) in [4.78, 5) is 1.26. The molecule has 0 fully saturated rings. The molecule has 0 radical (unpaired) electrons. The van der Waals surface area contributed by atoms with Crippen LogP contribution in [-0.2, 0) is 0 Å². The van der Waals surface area contributed by atoms with E-state index in [1.165, 1.54) is 4.88 Å². The summed E-state index contributed by atoms with van der Waals surface area (Å²) >= 11 is 1.73. The Morgan fingerprint density at radius 3 is 2.57 bits per heavy atom. The van der Waals surface area contributed by atoms with Gasteiger partial charge in [0.2, 0.25) is 0 Å². The molecular weight excluding hydrogens is 281 g/mol. The largest absolute Gasteiger partial charge is 0.306 e. The molecule has 0 aliphatic heterocycles. The molecule has 0 amide bonds. The van der Waals surface area contributed by atoms with Crippen molar-refractivity contribution in [3.63, 3.8) is 0 Å². The van der Waals surface area contributed by atoms with Crippen LogP contribution >= 0.6 is 11.3 Å². The second kappa shape index (κ2) is 6.37. The lowest BCUT2D eigenvalue weighted by molar-refractivity contribution is 0.605. The normalized spacial score (nSPS) is 12.7. The number of thiophene rings is 1. The van der Waals surface area contributed by atoms with E-state index < -0.39 is 0 Å². The monoisotopic (exact) mass is 299 g/mol. The predicted molar refractivity (Wildman–Crippen MR) is 88.4 cm³/mol. The zero-order chi connectivity index (χ0) is 14.7. The standard InChI is InChI=1S/C18H18FNS/c1-2-11-20-18(17-8-5-12-21-17)15-9-10-16(19)14-7-4-3-6-13(14)15/h3-10,12,18,20H,2,11H2,1H3. The zero-order valence-corrected chi connectivity index (χ0v) is 12.8. The summed E-state index contributed by atoms with van der Waals surface area (Å²) in [6, 6.07) is 15.5. The molecule has 0 saturated carbocycles. The van der Waals surface area contributed by atoms with Crippen LogP contribution in [0.4, 0.5) is 4.39 Å². The number of hydrogen-bond donors (Lipinski definition) is 1. The van der Waals surface area contributed by atoms with Gasteiger partial charge in [0.15, 0.2) is 0 Å². The second-order valence-electron chi connectivity index (χ2n) is 5.08. The first-order valence-electron chi connectivity index (χ1n) is 7.25. The Bertz CT molecular complexity index is 721. The van der Waals surface area contributed by atoms with Crippen LogP contribution in [0.5, 0.6) is 0 Å². The van der Waals surface area contributed by atoms with Gasteiger partial charge in [-0.25, -0.2) is 4.39 Å². The van der Waals surface area contributed by atoms with Crippen LogP contribution in [0, 0.1) is 5.82 Å². The predicted octanol–water partition coefficient (Wildman–Crippen LogP) is 5.13. The van der Waals surface area contributed by atoms with E-state index in [0.29, 0.717) is 5.39 Å². The lowest BCUT2D eigenvalue weighted by Crippen LogP contribution is -2.22. The minimum atomic E-state index is -0.158. The van der Waals surface area contributed by atoms with Gasteiger partial charge in [-0.15, -0.1) is 11.3 Å². The maximum atomic E-state index is 14.0. The van der Waals surface area contributed by atoms with Crippen LogP contribution in [0.15, 0.2) is 53.9 Å². The quantitative estimate of drug-likeness (QED) is 0.688. The molecular formula is C18H18FNS. The molecule has 3 heteroatoms. The maximum absolute atomic E-state index is 14.0. The minimum absolute atomic E-state index is 0.121. The first kappa shape index (κ1) is 14.2. The van der Waals surface area contributed by atoms with E-state index in [2.05, 4.69) is 29.8 Å². The SMILES string of the molecule is CCCNC(c1cccs1)c1ccc(F)c2ccccc12. The second-order valence-corrected chi connectivity index (χ2v) is 6.06. The fourth-order valence-corrected chi connectivity index (χ4v) is 3.46. The van der Waals surface area contributed by atoms with Crippen LogP contribution in [0.2, 0.25) is 0 Å². The molecule has 1 aromatic heterocycles. The molecule has 1 unspecified atom stereocenters. The van der Waals surface area contributed by atoms with Gasteiger partial charge < -0.3 is 5.32 Å². The smallest absolute Gasteiger partial charge is 0.131 e. The Morgan fingerprint density at radius 2 is 1.86 bits per heavy atom. The Kier molecular flexibility index (Phi) is 4.32. The molecule has 108 valence electrons. The number of halogens is 1. The average Bonchev–Trinajstić information content (AvgIpc) is 3.04. The Morgan fingerprint density at radius 1 is 1.05 bits per heavy atom. The van der Waals surface area contributed by atoms with Crippen molar-refractivity contribution >= 4 is 22.1 Å². The third kappa shape index (κ3) is 2.85. The highest BCUT2D eigenvalue weighted by molar-refractivity contribution is 7.10. The third-order valence-electron chi connectivity index (χ3n) is 3.64. The van der Waals surface area contributed by atoms with Crippen molar-refractivity contribution in [3.8, 4) is 0 Å². The van der Waals surface area contributed by atoms with Crippen LogP contribution in [0.25, 0.3) is 10.8 Å². The fraction of sp³-hybridized carbons (Fsp3) is 0.222. The van der Waals surface area contributed by atoms with E-state index in [0.717, 1.165) is 23.9 Å². The molecule has 0 aliphatic carbocycles. The molecule has 0 aliphatic rings. The van der Waals surface area contributed by atoms with Gasteiger partial charge in [0.25, 0.3) is 0 Å². The summed E-state index contributed by atoms with van der Waals surface area (Å²) in [5.74, 6) is -0.158. The van der Waals surface area contributed by atoms with Crippen molar-refractivity contribution in [1.29, 1.82) is 0 Å². The average molecular weight is 299 g/mol. The molecule has 0 spiro atoms. The molecule has 21 heavy (non-hydrogen) atoms. The van der Waals surface area contributed by atoms with Gasteiger partial charge in [-0.3, -0.25) is 0 Å². The molecule has 0 saturated heterocycles. The highest BCUT2D eigenvalue weighted by atomic mass is 32.1. The number of nitrogens with one attached hydrogen (secondary N) is 1. The molecule has 3 aromatic rings. The Balaban J connectivity index is 2.13. The van der Waals surface area contributed by atoms with Gasteiger partial charge in [0.1, 0.15) is 5.82 Å². The Labute approximate surface area is 128 Å². The van der Waals surface area contributed by atoms with Gasteiger partial charge in [-0.1, -0.05) is 43.3 Å². The molecule has 1 N–H and O–H groups in total. The summed E-state index contributed by atoms with van der Waals surface area (Å²) in [7, 11) is 0. The van der Waals surface area contributed by atoms with Crippen molar-refractivity contribution < 1.29 is 4.39 Å². The summed E-state index contributed by atoms with van der Waals surface area (Å²) in [5, 5.41) is 7.35. The Hall–Kier alpha value is -1.71. The third-order valence-corrected chi connectivity index (χ3v) is 4.58. The number of hydrogen-bond acceptors (Lipinski definition) is 2. The van der Waals surface area contributed by atoms with Crippen LogP contribution in [0.1, 0.15) is 29.8 Å². The van der Waals surface area contributed by atoms with E-state index in [4.69, 9.17) is 0 Å². The number of rotatable bonds is 5. The first-order valence-corrected chi connectivity index (χ1v) is 8.13. The lowest BCUT2D eigenvalue weighted by Gasteiger charge is -2.20. The molecule has 1 atom stereocenters. The summed E-state index contributed by atoms with van der Waals surface area (Å²) in [6.07, 6.45) is 1.07. The van der Waals surface area contributed by atoms with E-state index in [1.54, 1.807) is 17.4 Å². The van der Waals surface area contributed by atoms with Crippen molar-refractivity contribution in [1.82, 2.24) is 5.32 Å². The number of fused-ring (bicyclic) bond motifs is 1. The number of benzene rings is 2. The van der Waals surface area contributed by atoms with Gasteiger partial charge in [0.05, 0.1) is 6.04 Å². The summed E-state index contributed by atoms with van der Waals surface area (Å²) in [6.45, 7) is 3.09. The molecule has 3 rings (SSSR count). The minimum Gasteiger partial charge on any atom is -0.306 e. The van der Waals surface area contributed by atoms with Crippen LogP contribution in [-0.4, -0.2) is 6.54 Å². The van der Waals surface area contributed by atoms with Crippen molar-refractivity contribution in [2.75, 3.05) is 6.54 Å². The van der Waals surface area contributed by atoms with E-state index in [9.17, 15) is 4.39 Å². The fourth-order valence-electron chi connectivity index (χ4n) is 2.65. The van der Waals surface area contributed by atoms with Crippen molar-refractivity contribution in [2.45, 2.75) is 19.4 Å². The van der Waals surface area contributed by atoms with Gasteiger partial charge >= 0.3 is 0 Å². The van der Waals surface area contributed by atoms with E-state index in [-0.39, 0.29) is 11.9 Å². The summed E-state index contributed by atoms with van der Waals surface area (Å²) in [5.41, 5.74) is 1.14. The molecule has 2 aromatic carbocycles. The van der Waals surface area contributed by atoms with Crippen LogP contribution in [0.3, 0.4) is 0 Å². The lowest BCUT2D eigenvalue weighted by atomic mass is 9.97. The highest BCUT2D eigenvalue weighted by Crippen LogP contribution is 2.32. The van der Waals surface area contributed by atoms with Crippen LogP contribution < -0.4 is 5.32 Å². The van der Waals surface area contributed by atoms with E-state index in [1.807, 2.05) is 30.3 Å². The van der Waals surface area contributed by atoms with Gasteiger partial charge in [-0.05, 0) is 41.4 Å². The topological polar surface area (TPSA) is 12.0 Å². The van der Waals surface area contributed by atoms with E-state index >= 15 is 0 Å².